The summed E-state index contributed by atoms with van der Waals surface area (Å²) in [5, 5.41) is 4.39. The quantitative estimate of drug-likeness (QED) is 0.859. The van der Waals surface area contributed by atoms with Gasteiger partial charge in [0.1, 0.15) is 5.82 Å². The first-order valence-electron chi connectivity index (χ1n) is 5.80. The van der Waals surface area contributed by atoms with E-state index in [-0.39, 0.29) is 0 Å². The highest BCUT2D eigenvalue weighted by Gasteiger charge is 2.21. The van der Waals surface area contributed by atoms with Gasteiger partial charge in [0.2, 0.25) is 5.13 Å². The van der Waals surface area contributed by atoms with Crippen LogP contribution >= 0.6 is 11.5 Å². The molecule has 1 N–H and O–H groups in total. The lowest BCUT2D eigenvalue weighted by molar-refractivity contribution is 0.268. The maximum Gasteiger partial charge on any atom is 0.202 e. The molecule has 4 heteroatoms. The molecule has 0 aliphatic heterocycles. The van der Waals surface area contributed by atoms with Crippen LogP contribution in [0.4, 0.5) is 5.13 Å². The third-order valence-electron chi connectivity index (χ3n) is 3.33. The van der Waals surface area contributed by atoms with Gasteiger partial charge in [0, 0.05) is 18.1 Å². The molecule has 1 saturated carbocycles. The minimum absolute atomic E-state index is 0.822. The van der Waals surface area contributed by atoms with Gasteiger partial charge in [0.15, 0.2) is 0 Å². The van der Waals surface area contributed by atoms with Crippen molar-refractivity contribution in [2.45, 2.75) is 39.5 Å². The number of aryl methyl sites for hydroxylation is 1. The summed E-state index contributed by atoms with van der Waals surface area (Å²) in [4.78, 5) is 4.32. The van der Waals surface area contributed by atoms with Crippen molar-refractivity contribution in [3.8, 4) is 0 Å². The molecule has 1 aliphatic carbocycles. The molecule has 1 heterocycles. The molecule has 84 valence electrons. The smallest absolute Gasteiger partial charge is 0.202 e. The Kier molecular flexibility index (Phi) is 3.57. The Bertz CT molecular complexity index is 311. The molecule has 0 bridgehead atoms. The number of hydrogen-bond donors (Lipinski definition) is 1. The van der Waals surface area contributed by atoms with Crippen molar-refractivity contribution in [2.24, 2.45) is 11.8 Å². The molecule has 0 aromatic carbocycles. The fourth-order valence-corrected chi connectivity index (χ4v) is 2.86. The molecule has 2 unspecified atom stereocenters. The standard InChI is InChI=1S/C11H19N3S/c1-8-5-3-4-6-10(8)7-12-11-13-9(2)14-15-11/h8,10H,3-7H2,1-2H3,(H,12,13,14). The van der Waals surface area contributed by atoms with Gasteiger partial charge in [0.05, 0.1) is 0 Å². The first kappa shape index (κ1) is 10.9. The predicted octanol–water partition coefficient (Wildman–Crippen LogP) is 3.08. The summed E-state index contributed by atoms with van der Waals surface area (Å²) in [6, 6.07) is 0. The molecule has 3 nitrogen and oxygen atoms in total. The van der Waals surface area contributed by atoms with Crippen LogP contribution in [0.5, 0.6) is 0 Å². The van der Waals surface area contributed by atoms with Crippen molar-refractivity contribution >= 4 is 16.7 Å². The first-order valence-corrected chi connectivity index (χ1v) is 6.57. The van der Waals surface area contributed by atoms with Gasteiger partial charge >= 0.3 is 0 Å². The Hall–Kier alpha value is -0.640. The number of hydrogen-bond acceptors (Lipinski definition) is 4. The Morgan fingerprint density at radius 3 is 2.87 bits per heavy atom. The van der Waals surface area contributed by atoms with E-state index in [0.29, 0.717) is 0 Å². The molecule has 0 amide bonds. The van der Waals surface area contributed by atoms with Crippen LogP contribution < -0.4 is 5.32 Å². The average molecular weight is 225 g/mol. The summed E-state index contributed by atoms with van der Waals surface area (Å²) < 4.78 is 4.17. The SMILES string of the molecule is Cc1nsc(NCC2CCCCC2C)n1. The van der Waals surface area contributed by atoms with Gasteiger partial charge in [-0.1, -0.05) is 26.2 Å². The van der Waals surface area contributed by atoms with E-state index in [0.717, 1.165) is 29.3 Å². The lowest BCUT2D eigenvalue weighted by Crippen LogP contribution is -2.24. The van der Waals surface area contributed by atoms with Gasteiger partial charge in [-0.2, -0.15) is 4.37 Å². The molecular weight excluding hydrogens is 206 g/mol. The number of anilines is 1. The topological polar surface area (TPSA) is 37.8 Å². The molecule has 2 atom stereocenters. The lowest BCUT2D eigenvalue weighted by Gasteiger charge is -2.28. The van der Waals surface area contributed by atoms with E-state index < -0.39 is 0 Å². The maximum atomic E-state index is 4.32. The summed E-state index contributed by atoms with van der Waals surface area (Å²) in [5.41, 5.74) is 0. The minimum Gasteiger partial charge on any atom is -0.360 e. The Balaban J connectivity index is 1.81. The third-order valence-corrected chi connectivity index (χ3v) is 4.10. The van der Waals surface area contributed by atoms with E-state index in [4.69, 9.17) is 0 Å². The molecule has 1 aromatic heterocycles. The highest BCUT2D eigenvalue weighted by Crippen LogP contribution is 2.29. The fraction of sp³-hybridized carbons (Fsp3) is 0.818. The van der Waals surface area contributed by atoms with Gasteiger partial charge in [-0.15, -0.1) is 0 Å². The van der Waals surface area contributed by atoms with Crippen LogP contribution in [-0.4, -0.2) is 15.9 Å². The highest BCUT2D eigenvalue weighted by molar-refractivity contribution is 7.09. The summed E-state index contributed by atoms with van der Waals surface area (Å²) in [6.07, 6.45) is 5.56. The van der Waals surface area contributed by atoms with E-state index in [1.807, 2.05) is 6.92 Å². The Labute approximate surface area is 95.5 Å². The van der Waals surface area contributed by atoms with Crippen LogP contribution in [-0.2, 0) is 0 Å². The highest BCUT2D eigenvalue weighted by atomic mass is 32.1. The molecule has 2 rings (SSSR count). The lowest BCUT2D eigenvalue weighted by atomic mass is 9.80. The van der Waals surface area contributed by atoms with E-state index in [1.165, 1.54) is 37.2 Å². The van der Waals surface area contributed by atoms with Crippen LogP contribution in [0, 0.1) is 18.8 Å². The zero-order valence-electron chi connectivity index (χ0n) is 9.49. The second-order valence-electron chi connectivity index (χ2n) is 4.55. The fourth-order valence-electron chi connectivity index (χ4n) is 2.28. The second kappa shape index (κ2) is 4.92. The Morgan fingerprint density at radius 2 is 2.20 bits per heavy atom. The van der Waals surface area contributed by atoms with Crippen molar-refractivity contribution in [3.05, 3.63) is 5.82 Å². The first-order chi connectivity index (χ1) is 7.25. The van der Waals surface area contributed by atoms with E-state index in [2.05, 4.69) is 21.6 Å². The maximum absolute atomic E-state index is 4.32. The molecule has 0 saturated heterocycles. The minimum atomic E-state index is 0.822. The van der Waals surface area contributed by atoms with Gasteiger partial charge in [-0.25, -0.2) is 4.98 Å². The molecule has 0 spiro atoms. The molecule has 15 heavy (non-hydrogen) atoms. The van der Waals surface area contributed by atoms with Crippen molar-refractivity contribution < 1.29 is 0 Å². The van der Waals surface area contributed by atoms with Crippen molar-refractivity contribution in [2.75, 3.05) is 11.9 Å². The molecule has 0 radical (unpaired) electrons. The van der Waals surface area contributed by atoms with Crippen LogP contribution in [0.1, 0.15) is 38.4 Å². The monoisotopic (exact) mass is 225 g/mol. The third kappa shape index (κ3) is 2.91. The van der Waals surface area contributed by atoms with E-state index in [1.54, 1.807) is 0 Å². The van der Waals surface area contributed by atoms with Crippen LogP contribution in [0.3, 0.4) is 0 Å². The predicted molar refractivity (Wildman–Crippen MR) is 64.3 cm³/mol. The molecule has 1 aromatic rings. The van der Waals surface area contributed by atoms with Crippen LogP contribution in [0.2, 0.25) is 0 Å². The van der Waals surface area contributed by atoms with Crippen molar-refractivity contribution in [1.82, 2.24) is 9.36 Å². The van der Waals surface area contributed by atoms with Gasteiger partial charge in [-0.05, 0) is 25.2 Å². The van der Waals surface area contributed by atoms with Crippen molar-refractivity contribution in [3.63, 3.8) is 0 Å². The van der Waals surface area contributed by atoms with E-state index >= 15 is 0 Å². The molecule has 1 fully saturated rings. The molecule has 1 aliphatic rings. The van der Waals surface area contributed by atoms with Gasteiger partial charge in [0.25, 0.3) is 0 Å². The van der Waals surface area contributed by atoms with Gasteiger partial charge in [-0.3, -0.25) is 0 Å². The largest absolute Gasteiger partial charge is 0.360 e. The second-order valence-corrected chi connectivity index (χ2v) is 5.30. The average Bonchev–Trinajstić information content (AvgIpc) is 2.63. The number of rotatable bonds is 3. The van der Waals surface area contributed by atoms with E-state index in [9.17, 15) is 0 Å². The summed E-state index contributed by atoms with van der Waals surface area (Å²) in [6.45, 7) is 5.37. The van der Waals surface area contributed by atoms with Crippen LogP contribution in [0.25, 0.3) is 0 Å². The number of nitrogens with one attached hydrogen (secondary N) is 1. The number of nitrogens with zero attached hydrogens (tertiary/aromatic N) is 2. The number of aromatic nitrogens is 2. The Morgan fingerprint density at radius 1 is 1.40 bits per heavy atom. The van der Waals surface area contributed by atoms with Crippen molar-refractivity contribution in [1.29, 1.82) is 0 Å². The summed E-state index contributed by atoms with van der Waals surface area (Å²) >= 11 is 1.47. The zero-order chi connectivity index (χ0) is 10.7. The zero-order valence-corrected chi connectivity index (χ0v) is 10.3. The summed E-state index contributed by atoms with van der Waals surface area (Å²) in [7, 11) is 0. The van der Waals surface area contributed by atoms with Gasteiger partial charge < -0.3 is 5.32 Å². The normalized spacial score (nSPS) is 26.5. The van der Waals surface area contributed by atoms with Crippen LogP contribution in [0.15, 0.2) is 0 Å². The summed E-state index contributed by atoms with van der Waals surface area (Å²) in [5.74, 6) is 2.56. The molecular formula is C11H19N3S.